The van der Waals surface area contributed by atoms with Gasteiger partial charge in [0.2, 0.25) is 0 Å². The number of benzene rings is 3. The zero-order valence-electron chi connectivity index (χ0n) is 49.1. The maximum atomic E-state index is 18.3. The number of ether oxygens (including phenoxy) is 4. The van der Waals surface area contributed by atoms with Gasteiger partial charge in [-0.05, 0) is 97.5 Å². The minimum Gasteiger partial charge on any atom is -0.468 e. The Hall–Kier alpha value is -5.23. The van der Waals surface area contributed by atoms with Crippen molar-refractivity contribution in [2.75, 3.05) is 71.2 Å². The number of hydrogen-bond acceptors (Lipinski definition) is 12. The number of aromatic nitrogens is 3. The summed E-state index contributed by atoms with van der Waals surface area (Å²) in [5.41, 5.74) is 5.66. The van der Waals surface area contributed by atoms with Crippen molar-refractivity contribution in [3.63, 3.8) is 0 Å². The van der Waals surface area contributed by atoms with E-state index in [1.165, 1.54) is 18.7 Å². The molecule has 0 saturated carbocycles. The second-order valence-corrected chi connectivity index (χ2v) is 35.6. The normalized spacial score (nSPS) is 18.3. The first-order chi connectivity index (χ1) is 36.8. The SMILES string of the molecule is COCOc1cc(-c2ncc3c(N4CC5CCC(C4)N5C(=O)OC(C)(C)C)nc(OC[C@@H](CN4CCN(Cc5ccccc5)CC4)O[Si](C)(C)C(C)(C)C)nc3c2F)c2c(C#C[Si](C(C)C)(C(C)C)C(C)C)c(F)ccc2c1. The Kier molecular flexibility index (Phi) is 18.0. The lowest BCUT2D eigenvalue weighted by Gasteiger charge is -2.42. The van der Waals surface area contributed by atoms with Crippen molar-refractivity contribution >= 4 is 50.0 Å². The predicted molar refractivity (Wildman–Crippen MR) is 313 cm³/mol. The fraction of sp³-hybridized carbons (Fsp3) is 0.574. The van der Waals surface area contributed by atoms with Crippen molar-refractivity contribution in [2.45, 2.75) is 161 Å². The highest BCUT2D eigenvalue weighted by atomic mass is 28.4. The van der Waals surface area contributed by atoms with Crippen LogP contribution in [0.1, 0.15) is 107 Å². The average Bonchev–Trinajstić information content (AvgIpc) is 3.68. The number of halogens is 2. The molecule has 0 N–H and O–H groups in total. The Morgan fingerprint density at radius 1 is 0.833 bits per heavy atom. The maximum absolute atomic E-state index is 18.3. The van der Waals surface area contributed by atoms with Gasteiger partial charge in [0.25, 0.3) is 0 Å². The van der Waals surface area contributed by atoms with E-state index in [1.54, 1.807) is 24.4 Å². The van der Waals surface area contributed by atoms with E-state index in [2.05, 4.69) is 132 Å². The van der Waals surface area contributed by atoms with Crippen LogP contribution in [-0.4, -0.2) is 142 Å². The number of rotatable bonds is 17. The summed E-state index contributed by atoms with van der Waals surface area (Å²) in [5, 5.41) is 1.32. The van der Waals surface area contributed by atoms with Crippen LogP contribution in [0, 0.1) is 23.1 Å². The lowest BCUT2D eigenvalue weighted by molar-refractivity contribution is 0.0122. The van der Waals surface area contributed by atoms with E-state index in [0.717, 1.165) is 45.6 Å². The van der Waals surface area contributed by atoms with Crippen molar-refractivity contribution in [3.05, 3.63) is 83.6 Å². The quantitative estimate of drug-likeness (QED) is 0.0502. The molecule has 0 spiro atoms. The van der Waals surface area contributed by atoms with Gasteiger partial charge in [-0.25, -0.2) is 13.6 Å². The minimum atomic E-state index is -2.35. The van der Waals surface area contributed by atoms with Crippen molar-refractivity contribution in [1.29, 1.82) is 0 Å². The van der Waals surface area contributed by atoms with Crippen LogP contribution in [0.3, 0.4) is 0 Å². The summed E-state index contributed by atoms with van der Waals surface area (Å²) in [4.78, 5) is 37.5. The van der Waals surface area contributed by atoms with E-state index >= 15 is 8.78 Å². The molecule has 0 aliphatic carbocycles. The van der Waals surface area contributed by atoms with Crippen LogP contribution >= 0.6 is 0 Å². The minimum absolute atomic E-state index is 0.00966. The average molecular weight is 1110 g/mol. The van der Waals surface area contributed by atoms with Gasteiger partial charge in [-0.3, -0.25) is 19.7 Å². The smallest absolute Gasteiger partial charge is 0.410 e. The molecule has 2 bridgehead atoms. The van der Waals surface area contributed by atoms with Gasteiger partial charge in [0.15, 0.2) is 20.9 Å². The van der Waals surface area contributed by atoms with Crippen molar-refractivity contribution in [3.8, 4) is 34.5 Å². The topological polar surface area (TPSA) is 115 Å². The highest BCUT2D eigenvalue weighted by molar-refractivity contribution is 6.90. The first kappa shape index (κ1) is 58.9. The Balaban J connectivity index is 1.23. The summed E-state index contributed by atoms with van der Waals surface area (Å²) >= 11 is 0. The summed E-state index contributed by atoms with van der Waals surface area (Å²) in [6.07, 6.45) is 2.47. The van der Waals surface area contributed by atoms with Crippen molar-refractivity contribution in [1.82, 2.24) is 29.7 Å². The van der Waals surface area contributed by atoms with Gasteiger partial charge in [0, 0.05) is 76.6 Å². The number of pyridine rings is 1. The number of carbonyl (C=O) groups is 1. The zero-order chi connectivity index (χ0) is 56.5. The summed E-state index contributed by atoms with van der Waals surface area (Å²) in [6, 6.07) is 16.8. The first-order valence-electron chi connectivity index (χ1n) is 28.1. The third-order valence-electron chi connectivity index (χ3n) is 16.8. The molecule has 3 atom stereocenters. The molecule has 0 radical (unpaired) electrons. The number of carbonyl (C=O) groups excluding carboxylic acids is 1. The van der Waals surface area contributed by atoms with Gasteiger partial charge in [-0.15, -0.1) is 5.54 Å². The molecule has 13 nitrogen and oxygen atoms in total. The van der Waals surface area contributed by atoms with Crippen LogP contribution in [0.2, 0.25) is 34.8 Å². The molecule has 5 aromatic rings. The summed E-state index contributed by atoms with van der Waals surface area (Å²) in [6.45, 7) is 36.2. The molecule has 8 rings (SSSR count). The zero-order valence-corrected chi connectivity index (χ0v) is 51.1. The van der Waals surface area contributed by atoms with E-state index in [9.17, 15) is 4.79 Å². The van der Waals surface area contributed by atoms with E-state index in [-0.39, 0.29) is 65.5 Å². The van der Waals surface area contributed by atoms with Gasteiger partial charge in [-0.2, -0.15) is 9.97 Å². The van der Waals surface area contributed by atoms with Crippen LogP contribution in [0.5, 0.6) is 11.8 Å². The molecule has 78 heavy (non-hydrogen) atoms. The molecule has 2 unspecified atom stereocenters. The van der Waals surface area contributed by atoms with Gasteiger partial charge >= 0.3 is 12.1 Å². The standard InChI is InChI=1S/C61H85F2N7O6Si2/c1-40(2)78(41(3)4,42(5)6)30-25-49-52(62)24-21-44-31-47(74-39-72-13)32-50(53(44)49)55-54(63)56-51(33-64-55)57(69-35-45-22-23-46(36-69)70(45)59(71)75-60(7,8)9)66-58(65-56)73-38-48(76-77(14,15)61(10,11)12)37-68-28-26-67(27-29-68)34-43-19-17-16-18-20-43/h16-21,24,31-33,40-42,45-46,48H,22-23,26-29,34-39H2,1-15H3/t45?,46?,48-/m1/s1. The second-order valence-electron chi connectivity index (χ2n) is 25.3. The van der Waals surface area contributed by atoms with Crippen LogP contribution in [-0.2, 0) is 20.4 Å². The second kappa shape index (κ2) is 23.9. The van der Waals surface area contributed by atoms with Crippen LogP contribution < -0.4 is 14.4 Å². The van der Waals surface area contributed by atoms with Crippen LogP contribution in [0.15, 0.2) is 60.8 Å². The molecule has 3 aliphatic heterocycles. The molecule has 3 saturated heterocycles. The number of hydrogen-bond donors (Lipinski definition) is 0. The molecular weight excluding hydrogens is 1020 g/mol. The number of nitrogens with zero attached hydrogens (tertiary/aromatic N) is 7. The summed E-state index contributed by atoms with van der Waals surface area (Å²) < 4.78 is 66.0. The Morgan fingerprint density at radius 2 is 1.47 bits per heavy atom. The van der Waals surface area contributed by atoms with Gasteiger partial charge < -0.3 is 28.3 Å². The van der Waals surface area contributed by atoms with Gasteiger partial charge in [0.05, 0.1) is 29.1 Å². The molecule has 422 valence electrons. The molecule has 1 amide bonds. The van der Waals surface area contributed by atoms with Gasteiger partial charge in [-0.1, -0.05) is 105 Å². The highest BCUT2D eigenvalue weighted by Crippen LogP contribution is 2.44. The number of fused-ring (bicyclic) bond motifs is 4. The fourth-order valence-electron chi connectivity index (χ4n) is 11.9. The number of methoxy groups -OCH3 is 1. The largest absolute Gasteiger partial charge is 0.468 e. The number of amides is 1. The van der Waals surface area contributed by atoms with Gasteiger partial charge in [0.1, 0.15) is 48.9 Å². The maximum Gasteiger partial charge on any atom is 0.410 e. The lowest BCUT2D eigenvalue weighted by atomic mass is 9.95. The Labute approximate surface area is 464 Å². The predicted octanol–water partition coefficient (Wildman–Crippen LogP) is 12.9. The van der Waals surface area contributed by atoms with Crippen molar-refractivity contribution in [2.24, 2.45) is 0 Å². The number of piperazine rings is 2. The van der Waals surface area contributed by atoms with E-state index in [4.69, 9.17) is 38.3 Å². The fourth-order valence-corrected chi connectivity index (χ4v) is 18.4. The Morgan fingerprint density at radius 3 is 2.08 bits per heavy atom. The first-order valence-corrected chi connectivity index (χ1v) is 33.3. The van der Waals surface area contributed by atoms with Crippen LogP contribution in [0.4, 0.5) is 19.4 Å². The molecule has 2 aromatic heterocycles. The molecule has 3 aromatic carbocycles. The lowest BCUT2D eigenvalue weighted by Crippen LogP contribution is -2.57. The molecule has 3 aliphatic rings. The summed E-state index contributed by atoms with van der Waals surface area (Å²) in [7, 11) is -3.16. The van der Waals surface area contributed by atoms with E-state index in [1.807, 2.05) is 25.7 Å². The van der Waals surface area contributed by atoms with Crippen LogP contribution in [0.25, 0.3) is 32.9 Å². The monoisotopic (exact) mass is 1110 g/mol. The van der Waals surface area contributed by atoms with E-state index < -0.39 is 33.6 Å². The Bertz CT molecular complexity index is 2950. The highest BCUT2D eigenvalue weighted by Gasteiger charge is 2.46. The molecular formula is C61H85F2N7O6Si2. The third kappa shape index (κ3) is 12.8. The summed E-state index contributed by atoms with van der Waals surface area (Å²) in [5.74, 6) is 2.97. The molecule has 3 fully saturated rings. The van der Waals surface area contributed by atoms with E-state index in [0.29, 0.717) is 69.5 Å². The number of anilines is 1. The molecule has 17 heteroatoms. The molecule has 5 heterocycles. The third-order valence-corrected chi connectivity index (χ3v) is 27.6. The van der Waals surface area contributed by atoms with Crippen molar-refractivity contribution < 1.29 is 36.9 Å².